The first-order chi connectivity index (χ1) is 9.10. The van der Waals surface area contributed by atoms with Gasteiger partial charge in [-0.2, -0.15) is 0 Å². The number of rotatable bonds is 5. The van der Waals surface area contributed by atoms with Crippen LogP contribution in [0.3, 0.4) is 0 Å². The minimum Gasteiger partial charge on any atom is -0.487 e. The van der Waals surface area contributed by atoms with Gasteiger partial charge in [-0.3, -0.25) is 0 Å². The van der Waals surface area contributed by atoms with Gasteiger partial charge in [-0.1, -0.05) is 18.5 Å². The summed E-state index contributed by atoms with van der Waals surface area (Å²) in [5, 5.41) is 3.82. The average molecular weight is 297 g/mol. The van der Waals surface area contributed by atoms with Crippen LogP contribution in [-0.2, 0) is 13.0 Å². The molecule has 0 saturated carbocycles. The molecule has 0 aliphatic heterocycles. The largest absolute Gasteiger partial charge is 0.487 e. The maximum absolute atomic E-state index is 5.98. The first kappa shape index (κ1) is 14.3. The van der Waals surface area contributed by atoms with Gasteiger partial charge in [0, 0.05) is 22.0 Å². The van der Waals surface area contributed by atoms with Crippen molar-refractivity contribution in [2.24, 2.45) is 5.73 Å². The van der Waals surface area contributed by atoms with Crippen molar-refractivity contribution in [2.45, 2.75) is 32.9 Å². The molecule has 0 aliphatic rings. The van der Waals surface area contributed by atoms with Gasteiger partial charge in [-0.05, 0) is 31.5 Å². The van der Waals surface area contributed by atoms with Crippen molar-refractivity contribution in [1.29, 1.82) is 0 Å². The third-order valence-electron chi connectivity index (χ3n) is 2.74. The Hall–Kier alpha value is -1.10. The van der Waals surface area contributed by atoms with E-state index in [2.05, 4.69) is 11.9 Å². The van der Waals surface area contributed by atoms with Gasteiger partial charge in [0.25, 0.3) is 0 Å². The number of benzene rings is 1. The van der Waals surface area contributed by atoms with Crippen LogP contribution in [0.4, 0.5) is 0 Å². The van der Waals surface area contributed by atoms with Crippen molar-refractivity contribution >= 4 is 22.9 Å². The second-order valence-electron chi connectivity index (χ2n) is 4.35. The summed E-state index contributed by atoms with van der Waals surface area (Å²) in [7, 11) is 0. The molecule has 1 heterocycles. The van der Waals surface area contributed by atoms with E-state index in [1.54, 1.807) is 17.4 Å². The number of aryl methyl sites for hydroxylation is 1. The van der Waals surface area contributed by atoms with Crippen LogP contribution in [0.15, 0.2) is 23.6 Å². The molecule has 0 spiro atoms. The van der Waals surface area contributed by atoms with Crippen LogP contribution in [0.25, 0.3) is 0 Å². The van der Waals surface area contributed by atoms with E-state index < -0.39 is 0 Å². The van der Waals surface area contributed by atoms with Crippen molar-refractivity contribution in [3.05, 3.63) is 44.9 Å². The molecular weight excluding hydrogens is 280 g/mol. The zero-order chi connectivity index (χ0) is 13.8. The summed E-state index contributed by atoms with van der Waals surface area (Å²) in [4.78, 5) is 4.47. The third-order valence-corrected chi connectivity index (χ3v) is 4.02. The summed E-state index contributed by atoms with van der Waals surface area (Å²) in [5.74, 6) is 0.769. The van der Waals surface area contributed by atoms with Crippen LogP contribution in [0.2, 0.25) is 5.02 Å². The Kier molecular flexibility index (Phi) is 4.80. The lowest BCUT2D eigenvalue weighted by atomic mass is 10.1. The van der Waals surface area contributed by atoms with Crippen LogP contribution < -0.4 is 10.5 Å². The number of ether oxygens (including phenoxy) is 1. The summed E-state index contributed by atoms with van der Waals surface area (Å²) in [6.07, 6.45) is 0.955. The van der Waals surface area contributed by atoms with Crippen LogP contribution >= 0.6 is 22.9 Å². The van der Waals surface area contributed by atoms with E-state index in [1.807, 2.05) is 24.4 Å². The molecule has 102 valence electrons. The Morgan fingerprint density at radius 2 is 2.26 bits per heavy atom. The van der Waals surface area contributed by atoms with Crippen LogP contribution in [0, 0.1) is 0 Å². The van der Waals surface area contributed by atoms with Gasteiger partial charge in [0.15, 0.2) is 0 Å². The van der Waals surface area contributed by atoms with E-state index in [-0.39, 0.29) is 6.04 Å². The topological polar surface area (TPSA) is 48.1 Å². The molecule has 0 unspecified atom stereocenters. The number of nitrogens with zero attached hydrogens (tertiary/aromatic N) is 1. The van der Waals surface area contributed by atoms with Gasteiger partial charge in [0.05, 0.1) is 10.7 Å². The third kappa shape index (κ3) is 3.69. The Balaban J connectivity index is 2.10. The monoisotopic (exact) mass is 296 g/mol. The Labute approximate surface area is 122 Å². The molecule has 0 radical (unpaired) electrons. The van der Waals surface area contributed by atoms with Crippen LogP contribution in [0.1, 0.15) is 36.2 Å². The minimum atomic E-state index is -0.115. The zero-order valence-corrected chi connectivity index (χ0v) is 12.6. The zero-order valence-electron chi connectivity index (χ0n) is 11.0. The maximum Gasteiger partial charge on any atom is 0.131 e. The summed E-state index contributed by atoms with van der Waals surface area (Å²) in [5.41, 5.74) is 7.79. The van der Waals surface area contributed by atoms with Gasteiger partial charge >= 0.3 is 0 Å². The fourth-order valence-corrected chi connectivity index (χ4v) is 2.65. The van der Waals surface area contributed by atoms with E-state index >= 15 is 0 Å². The first-order valence-electron chi connectivity index (χ1n) is 6.21. The molecule has 1 aromatic heterocycles. The highest BCUT2D eigenvalue weighted by Gasteiger charge is 2.10. The average Bonchev–Trinajstić information content (AvgIpc) is 2.85. The normalized spacial score (nSPS) is 12.4. The molecule has 1 aromatic carbocycles. The summed E-state index contributed by atoms with van der Waals surface area (Å²) in [6.45, 7) is 4.46. The van der Waals surface area contributed by atoms with E-state index in [0.29, 0.717) is 11.6 Å². The lowest BCUT2D eigenvalue weighted by molar-refractivity contribution is 0.297. The number of hydrogen-bond acceptors (Lipinski definition) is 4. The Morgan fingerprint density at radius 3 is 2.89 bits per heavy atom. The molecular formula is C14H17ClN2OS. The maximum atomic E-state index is 5.98. The van der Waals surface area contributed by atoms with Crippen molar-refractivity contribution in [3.63, 3.8) is 0 Å². The molecule has 0 saturated heterocycles. The van der Waals surface area contributed by atoms with Crippen molar-refractivity contribution < 1.29 is 4.74 Å². The second kappa shape index (κ2) is 6.37. The molecule has 2 N–H and O–H groups in total. The highest BCUT2D eigenvalue weighted by Crippen LogP contribution is 2.28. The lowest BCUT2D eigenvalue weighted by Gasteiger charge is -2.13. The summed E-state index contributed by atoms with van der Waals surface area (Å²) >= 11 is 7.64. The smallest absolute Gasteiger partial charge is 0.131 e. The van der Waals surface area contributed by atoms with Gasteiger partial charge in [0.1, 0.15) is 12.4 Å². The van der Waals surface area contributed by atoms with Crippen molar-refractivity contribution in [1.82, 2.24) is 4.98 Å². The van der Waals surface area contributed by atoms with Gasteiger partial charge in [0.2, 0.25) is 0 Å². The molecule has 5 heteroatoms. The highest BCUT2D eigenvalue weighted by atomic mass is 35.5. The number of thiazole rings is 1. The van der Waals surface area contributed by atoms with Gasteiger partial charge < -0.3 is 10.5 Å². The first-order valence-corrected chi connectivity index (χ1v) is 7.47. The van der Waals surface area contributed by atoms with Crippen LogP contribution in [0.5, 0.6) is 5.75 Å². The van der Waals surface area contributed by atoms with E-state index in [0.717, 1.165) is 28.4 Å². The summed E-state index contributed by atoms with van der Waals surface area (Å²) < 4.78 is 5.80. The Bertz CT molecular complexity index is 554. The number of hydrogen-bond donors (Lipinski definition) is 1. The summed E-state index contributed by atoms with van der Waals surface area (Å²) in [6, 6.07) is 5.39. The lowest BCUT2D eigenvalue weighted by Crippen LogP contribution is -2.08. The minimum absolute atomic E-state index is 0.115. The molecule has 0 fully saturated rings. The van der Waals surface area contributed by atoms with Crippen LogP contribution in [-0.4, -0.2) is 4.98 Å². The molecule has 0 aliphatic carbocycles. The predicted octanol–water partition coefficient (Wildman–Crippen LogP) is 3.96. The van der Waals surface area contributed by atoms with E-state index in [1.165, 1.54) is 0 Å². The molecule has 2 aromatic rings. The highest BCUT2D eigenvalue weighted by molar-refractivity contribution is 7.09. The SMILES string of the molecule is CCc1nc(COc2ccc(Cl)cc2[C@@H](C)N)cs1. The van der Waals surface area contributed by atoms with Crippen molar-refractivity contribution in [2.75, 3.05) is 0 Å². The second-order valence-corrected chi connectivity index (χ2v) is 5.72. The van der Waals surface area contributed by atoms with E-state index in [9.17, 15) is 0 Å². The number of halogens is 1. The van der Waals surface area contributed by atoms with Crippen molar-refractivity contribution in [3.8, 4) is 5.75 Å². The van der Waals surface area contributed by atoms with Gasteiger partial charge in [-0.15, -0.1) is 11.3 Å². The quantitative estimate of drug-likeness (QED) is 0.908. The standard InChI is InChI=1S/C14H17ClN2OS/c1-3-14-17-11(8-19-14)7-18-13-5-4-10(15)6-12(13)9(2)16/h4-6,8-9H,3,7,16H2,1-2H3/t9-/m1/s1. The fraction of sp³-hybridized carbons (Fsp3) is 0.357. The number of aromatic nitrogens is 1. The molecule has 3 nitrogen and oxygen atoms in total. The fourth-order valence-electron chi connectivity index (χ4n) is 1.74. The number of nitrogens with two attached hydrogens (primary N) is 1. The predicted molar refractivity (Wildman–Crippen MR) is 79.9 cm³/mol. The molecule has 2 rings (SSSR count). The molecule has 0 amide bonds. The molecule has 19 heavy (non-hydrogen) atoms. The molecule has 1 atom stereocenters. The Morgan fingerprint density at radius 1 is 1.47 bits per heavy atom. The van der Waals surface area contributed by atoms with Gasteiger partial charge in [-0.25, -0.2) is 4.98 Å². The van der Waals surface area contributed by atoms with E-state index in [4.69, 9.17) is 22.1 Å². The molecule has 0 bridgehead atoms.